The molecule has 0 aromatic carbocycles. The summed E-state index contributed by atoms with van der Waals surface area (Å²) in [5, 5.41) is 19.8. The van der Waals surface area contributed by atoms with Crippen molar-refractivity contribution in [3.05, 3.63) is 0 Å². The third-order valence-corrected chi connectivity index (χ3v) is 4.30. The molecule has 0 spiro atoms. The van der Waals surface area contributed by atoms with Crippen LogP contribution in [0.5, 0.6) is 0 Å². The van der Waals surface area contributed by atoms with Gasteiger partial charge in [0.2, 0.25) is 0 Å². The Morgan fingerprint density at radius 1 is 1.00 bits per heavy atom. The molecule has 0 aromatic rings. The highest BCUT2D eigenvalue weighted by molar-refractivity contribution is 4.95. The molecule has 0 aromatic heterocycles. The molecule has 0 heterocycles. The first-order valence-corrected chi connectivity index (χ1v) is 6.09. The third-order valence-electron chi connectivity index (χ3n) is 4.30. The van der Waals surface area contributed by atoms with Gasteiger partial charge in [-0.1, -0.05) is 25.7 Å². The summed E-state index contributed by atoms with van der Waals surface area (Å²) in [5.41, 5.74) is -0.423. The zero-order valence-electron chi connectivity index (χ0n) is 8.91. The van der Waals surface area contributed by atoms with Crippen molar-refractivity contribution in [3.8, 4) is 0 Å². The first kappa shape index (κ1) is 10.4. The average molecular weight is 198 g/mol. The van der Waals surface area contributed by atoms with Crippen molar-refractivity contribution in [2.24, 2.45) is 11.8 Å². The van der Waals surface area contributed by atoms with Crippen molar-refractivity contribution >= 4 is 0 Å². The molecule has 82 valence electrons. The average Bonchev–Trinajstić information content (AvgIpc) is 2.66. The summed E-state index contributed by atoms with van der Waals surface area (Å²) in [4.78, 5) is 0. The van der Waals surface area contributed by atoms with E-state index < -0.39 is 5.60 Å². The lowest BCUT2D eigenvalue weighted by Gasteiger charge is -2.40. The van der Waals surface area contributed by atoms with Gasteiger partial charge in [0.25, 0.3) is 0 Å². The van der Waals surface area contributed by atoms with Crippen LogP contribution in [0.2, 0.25) is 0 Å². The number of hydrogen-bond acceptors (Lipinski definition) is 2. The van der Waals surface area contributed by atoms with Crippen LogP contribution in [-0.4, -0.2) is 22.4 Å². The van der Waals surface area contributed by atoms with E-state index in [-0.39, 0.29) is 6.61 Å². The van der Waals surface area contributed by atoms with E-state index in [0.29, 0.717) is 11.8 Å². The number of aliphatic hydroxyl groups excluding tert-OH is 1. The van der Waals surface area contributed by atoms with Gasteiger partial charge >= 0.3 is 0 Å². The molecule has 2 aliphatic carbocycles. The fourth-order valence-electron chi connectivity index (χ4n) is 3.49. The summed E-state index contributed by atoms with van der Waals surface area (Å²) in [6.45, 7) is 0.271. The smallest absolute Gasteiger partial charge is 0.0679 e. The summed E-state index contributed by atoms with van der Waals surface area (Å²) in [5.74, 6) is 0.746. The molecule has 0 amide bonds. The van der Waals surface area contributed by atoms with Gasteiger partial charge in [0.1, 0.15) is 0 Å². The lowest BCUT2D eigenvalue weighted by molar-refractivity contribution is -0.0626. The SMILES string of the molecule is OC[C@H]1CCCC[C@@H]1C1(O)CCCC1. The van der Waals surface area contributed by atoms with Gasteiger partial charge in [-0.25, -0.2) is 0 Å². The molecule has 0 bridgehead atoms. The van der Waals surface area contributed by atoms with E-state index in [0.717, 1.165) is 25.7 Å². The van der Waals surface area contributed by atoms with Crippen LogP contribution in [0.4, 0.5) is 0 Å². The minimum absolute atomic E-state index is 0.271. The second-order valence-electron chi connectivity index (χ2n) is 5.14. The Morgan fingerprint density at radius 3 is 2.29 bits per heavy atom. The van der Waals surface area contributed by atoms with E-state index in [4.69, 9.17) is 0 Å². The largest absolute Gasteiger partial charge is 0.396 e. The van der Waals surface area contributed by atoms with E-state index in [1.165, 1.54) is 25.7 Å². The Balaban J connectivity index is 2.05. The summed E-state index contributed by atoms with van der Waals surface area (Å²) >= 11 is 0. The summed E-state index contributed by atoms with van der Waals surface area (Å²) in [7, 11) is 0. The van der Waals surface area contributed by atoms with Crippen LogP contribution in [0.25, 0.3) is 0 Å². The summed E-state index contributed by atoms with van der Waals surface area (Å²) in [6, 6.07) is 0. The molecule has 2 saturated carbocycles. The van der Waals surface area contributed by atoms with Crippen molar-refractivity contribution < 1.29 is 10.2 Å². The minimum atomic E-state index is -0.423. The van der Waals surface area contributed by atoms with Gasteiger partial charge in [-0.15, -0.1) is 0 Å². The Morgan fingerprint density at radius 2 is 1.64 bits per heavy atom. The first-order valence-electron chi connectivity index (χ1n) is 6.09. The second-order valence-corrected chi connectivity index (χ2v) is 5.14. The molecule has 2 atom stereocenters. The highest BCUT2D eigenvalue weighted by atomic mass is 16.3. The van der Waals surface area contributed by atoms with Crippen LogP contribution in [0.15, 0.2) is 0 Å². The Hall–Kier alpha value is -0.0800. The Bertz CT molecular complexity index is 185. The highest BCUT2D eigenvalue weighted by Crippen LogP contribution is 2.45. The molecule has 2 aliphatic rings. The molecule has 2 fully saturated rings. The maximum atomic E-state index is 10.5. The van der Waals surface area contributed by atoms with Crippen LogP contribution in [0.1, 0.15) is 51.4 Å². The van der Waals surface area contributed by atoms with E-state index in [9.17, 15) is 10.2 Å². The van der Waals surface area contributed by atoms with E-state index >= 15 is 0 Å². The standard InChI is InChI=1S/C12H22O2/c13-9-10-5-1-2-6-11(10)12(14)7-3-4-8-12/h10-11,13-14H,1-9H2/t10-,11+/m1/s1. The second kappa shape index (κ2) is 4.19. The molecule has 0 saturated heterocycles. The molecule has 2 nitrogen and oxygen atoms in total. The van der Waals surface area contributed by atoms with Gasteiger partial charge in [-0.3, -0.25) is 0 Å². The summed E-state index contributed by atoms with van der Waals surface area (Å²) < 4.78 is 0. The molecule has 0 radical (unpaired) electrons. The topological polar surface area (TPSA) is 40.5 Å². The van der Waals surface area contributed by atoms with Gasteiger partial charge in [0.15, 0.2) is 0 Å². The molecule has 0 unspecified atom stereocenters. The monoisotopic (exact) mass is 198 g/mol. The Labute approximate surface area is 86.3 Å². The molecular formula is C12H22O2. The van der Waals surface area contributed by atoms with Crippen molar-refractivity contribution in [3.63, 3.8) is 0 Å². The van der Waals surface area contributed by atoms with Crippen molar-refractivity contribution in [2.45, 2.75) is 57.0 Å². The van der Waals surface area contributed by atoms with E-state index in [1.807, 2.05) is 0 Å². The zero-order chi connectivity index (χ0) is 10.0. The lowest BCUT2D eigenvalue weighted by Crippen LogP contribution is -2.42. The van der Waals surface area contributed by atoms with Gasteiger partial charge in [0, 0.05) is 6.61 Å². The maximum Gasteiger partial charge on any atom is 0.0679 e. The normalized spacial score (nSPS) is 37.3. The fourth-order valence-corrected chi connectivity index (χ4v) is 3.49. The maximum absolute atomic E-state index is 10.5. The van der Waals surface area contributed by atoms with Gasteiger partial charge < -0.3 is 10.2 Å². The van der Waals surface area contributed by atoms with Crippen molar-refractivity contribution in [1.82, 2.24) is 0 Å². The predicted molar refractivity (Wildman–Crippen MR) is 56.0 cm³/mol. The number of rotatable bonds is 2. The molecule has 2 rings (SSSR count). The number of aliphatic hydroxyl groups is 2. The van der Waals surface area contributed by atoms with Crippen LogP contribution < -0.4 is 0 Å². The highest BCUT2D eigenvalue weighted by Gasteiger charge is 2.43. The molecule has 2 N–H and O–H groups in total. The lowest BCUT2D eigenvalue weighted by atomic mass is 9.69. The van der Waals surface area contributed by atoms with Crippen molar-refractivity contribution in [1.29, 1.82) is 0 Å². The van der Waals surface area contributed by atoms with Crippen molar-refractivity contribution in [2.75, 3.05) is 6.61 Å². The van der Waals surface area contributed by atoms with Crippen LogP contribution in [0, 0.1) is 11.8 Å². The van der Waals surface area contributed by atoms with Crippen LogP contribution >= 0.6 is 0 Å². The number of hydrogen-bond donors (Lipinski definition) is 2. The fraction of sp³-hybridized carbons (Fsp3) is 1.00. The van der Waals surface area contributed by atoms with Gasteiger partial charge in [0.05, 0.1) is 5.60 Å². The molecule has 2 heteroatoms. The van der Waals surface area contributed by atoms with Gasteiger partial charge in [-0.2, -0.15) is 0 Å². The quantitative estimate of drug-likeness (QED) is 0.713. The molecule has 14 heavy (non-hydrogen) atoms. The van der Waals surface area contributed by atoms with Gasteiger partial charge in [-0.05, 0) is 37.5 Å². The van der Waals surface area contributed by atoms with Crippen LogP contribution in [-0.2, 0) is 0 Å². The Kier molecular flexibility index (Phi) is 3.13. The van der Waals surface area contributed by atoms with E-state index in [2.05, 4.69) is 0 Å². The third kappa shape index (κ3) is 1.82. The minimum Gasteiger partial charge on any atom is -0.396 e. The molecule has 0 aliphatic heterocycles. The van der Waals surface area contributed by atoms with Crippen LogP contribution in [0.3, 0.4) is 0 Å². The molecular weight excluding hydrogens is 176 g/mol. The predicted octanol–water partition coefficient (Wildman–Crippen LogP) is 2.09. The first-order chi connectivity index (χ1) is 6.76. The zero-order valence-corrected chi connectivity index (χ0v) is 8.91. The summed E-state index contributed by atoms with van der Waals surface area (Å²) in [6.07, 6.45) is 8.99. The van der Waals surface area contributed by atoms with E-state index in [1.54, 1.807) is 0 Å².